The number of para-hydroxylation sites is 2. The van der Waals surface area contributed by atoms with Crippen LogP contribution in [0.1, 0.15) is 12.0 Å². The van der Waals surface area contributed by atoms with E-state index in [0.717, 1.165) is 44.8 Å². The van der Waals surface area contributed by atoms with Crippen LogP contribution in [0.5, 0.6) is 0 Å². The van der Waals surface area contributed by atoms with Crippen molar-refractivity contribution in [3.63, 3.8) is 0 Å². The van der Waals surface area contributed by atoms with Gasteiger partial charge in [-0.2, -0.15) is 0 Å². The maximum absolute atomic E-state index is 12.7. The predicted octanol–water partition coefficient (Wildman–Crippen LogP) is 4.21. The largest absolute Gasteiger partial charge is 0.469 e. The molecule has 0 bridgehead atoms. The molecule has 1 atom stereocenters. The number of nitrogens with one attached hydrogen (secondary N) is 2. The Morgan fingerprint density at radius 2 is 1.85 bits per heavy atom. The molecule has 2 N–H and O–H groups in total. The van der Waals surface area contributed by atoms with Crippen LogP contribution in [0.3, 0.4) is 0 Å². The number of hydrogen-bond acceptors (Lipinski definition) is 5. The van der Waals surface area contributed by atoms with Gasteiger partial charge in [0, 0.05) is 24.8 Å². The van der Waals surface area contributed by atoms with Crippen LogP contribution in [0.15, 0.2) is 66.7 Å². The third-order valence-corrected chi connectivity index (χ3v) is 5.97. The lowest BCUT2D eigenvalue weighted by Crippen LogP contribution is -2.39. The highest BCUT2D eigenvalue weighted by atomic mass is 16.5. The first-order valence-electron chi connectivity index (χ1n) is 10.8. The number of H-pyrrole nitrogens is 1. The zero-order chi connectivity index (χ0) is 22.9. The molecule has 1 aliphatic rings. The Balaban J connectivity index is 1.47. The van der Waals surface area contributed by atoms with Gasteiger partial charge in [-0.25, -0.2) is 4.98 Å². The summed E-state index contributed by atoms with van der Waals surface area (Å²) in [5, 5.41) is 3.23. The highest BCUT2D eigenvalue weighted by Crippen LogP contribution is 2.31. The SMILES string of the molecule is COC(=O)CC1Nc2ccc(-c3cccc(-c4nc5ccccc5[nH]4)c3)cc2CN(C)C1=O. The number of fused-ring (bicyclic) bond motifs is 2. The van der Waals surface area contributed by atoms with Gasteiger partial charge in [0.2, 0.25) is 5.91 Å². The number of amides is 1. The number of carbonyl (C=O) groups excluding carboxylic acids is 2. The third kappa shape index (κ3) is 4.05. The number of hydrogen-bond donors (Lipinski definition) is 2. The van der Waals surface area contributed by atoms with E-state index in [4.69, 9.17) is 9.72 Å². The van der Waals surface area contributed by atoms with E-state index in [-0.39, 0.29) is 12.3 Å². The summed E-state index contributed by atoms with van der Waals surface area (Å²) in [6.45, 7) is 0.454. The zero-order valence-electron chi connectivity index (χ0n) is 18.5. The third-order valence-electron chi connectivity index (χ3n) is 5.97. The van der Waals surface area contributed by atoms with Gasteiger partial charge in [-0.05, 0) is 47.0 Å². The Morgan fingerprint density at radius 1 is 1.06 bits per heavy atom. The first-order valence-corrected chi connectivity index (χ1v) is 10.8. The molecule has 7 nitrogen and oxygen atoms in total. The van der Waals surface area contributed by atoms with Crippen LogP contribution < -0.4 is 5.32 Å². The molecule has 1 unspecified atom stereocenters. The molecule has 3 aromatic carbocycles. The molecule has 5 rings (SSSR count). The van der Waals surface area contributed by atoms with Crippen LogP contribution in [0.25, 0.3) is 33.5 Å². The summed E-state index contributed by atoms with van der Waals surface area (Å²) in [6.07, 6.45) is -0.0135. The Kier molecular flexibility index (Phi) is 5.30. The highest BCUT2D eigenvalue weighted by molar-refractivity contribution is 5.90. The van der Waals surface area contributed by atoms with Gasteiger partial charge in [0.05, 0.1) is 24.6 Å². The number of likely N-dealkylation sites (N-methyl/N-ethyl adjacent to an activating group) is 1. The number of aromatic nitrogens is 2. The number of anilines is 1. The van der Waals surface area contributed by atoms with Crippen LogP contribution in [0.2, 0.25) is 0 Å². The Hall–Kier alpha value is -4.13. The number of carbonyl (C=O) groups is 2. The van der Waals surface area contributed by atoms with Gasteiger partial charge in [-0.1, -0.05) is 36.4 Å². The van der Waals surface area contributed by atoms with Gasteiger partial charge < -0.3 is 19.9 Å². The summed E-state index contributed by atoms with van der Waals surface area (Å²) in [7, 11) is 3.07. The van der Waals surface area contributed by atoms with Crippen LogP contribution in [0.4, 0.5) is 5.69 Å². The molecule has 0 saturated heterocycles. The van der Waals surface area contributed by atoms with Crippen molar-refractivity contribution in [2.45, 2.75) is 19.0 Å². The van der Waals surface area contributed by atoms with E-state index in [9.17, 15) is 9.59 Å². The van der Waals surface area contributed by atoms with E-state index in [1.807, 2.05) is 48.5 Å². The number of aromatic amines is 1. The van der Waals surface area contributed by atoms with E-state index in [1.165, 1.54) is 7.11 Å². The monoisotopic (exact) mass is 440 g/mol. The predicted molar refractivity (Wildman–Crippen MR) is 127 cm³/mol. The minimum absolute atomic E-state index is 0.0135. The summed E-state index contributed by atoms with van der Waals surface area (Å²) < 4.78 is 4.75. The smallest absolute Gasteiger partial charge is 0.308 e. The molecule has 4 aromatic rings. The van der Waals surface area contributed by atoms with Crippen LogP contribution in [-0.4, -0.2) is 46.9 Å². The van der Waals surface area contributed by atoms with Gasteiger partial charge in [0.25, 0.3) is 0 Å². The molecule has 0 saturated carbocycles. The number of esters is 1. The lowest BCUT2D eigenvalue weighted by atomic mass is 9.99. The average molecular weight is 441 g/mol. The summed E-state index contributed by atoms with van der Waals surface area (Å²) in [5.74, 6) is 0.271. The maximum atomic E-state index is 12.7. The van der Waals surface area contributed by atoms with Gasteiger partial charge in [-0.3, -0.25) is 9.59 Å². The lowest BCUT2D eigenvalue weighted by molar-refractivity contribution is -0.143. The minimum atomic E-state index is -0.647. The molecule has 33 heavy (non-hydrogen) atoms. The van der Waals surface area contributed by atoms with Gasteiger partial charge in [0.1, 0.15) is 11.9 Å². The fourth-order valence-corrected chi connectivity index (χ4v) is 4.22. The van der Waals surface area contributed by atoms with Crippen molar-refractivity contribution in [1.82, 2.24) is 14.9 Å². The molecule has 1 aliphatic heterocycles. The molecular weight excluding hydrogens is 416 g/mol. The summed E-state index contributed by atoms with van der Waals surface area (Å²) in [4.78, 5) is 34.2. The zero-order valence-corrected chi connectivity index (χ0v) is 18.5. The van der Waals surface area contributed by atoms with Crippen LogP contribution in [-0.2, 0) is 20.9 Å². The fraction of sp³-hybridized carbons (Fsp3) is 0.192. The first kappa shape index (κ1) is 20.8. The fourth-order valence-electron chi connectivity index (χ4n) is 4.22. The van der Waals surface area contributed by atoms with E-state index in [2.05, 4.69) is 28.5 Å². The minimum Gasteiger partial charge on any atom is -0.469 e. The Labute approximate surface area is 191 Å². The molecule has 0 fully saturated rings. The van der Waals surface area contributed by atoms with Gasteiger partial charge in [0.15, 0.2) is 0 Å². The Bertz CT molecular complexity index is 1330. The van der Waals surface area contributed by atoms with E-state index >= 15 is 0 Å². The van der Waals surface area contributed by atoms with Gasteiger partial charge in [-0.15, -0.1) is 0 Å². The van der Waals surface area contributed by atoms with E-state index in [1.54, 1.807) is 11.9 Å². The van der Waals surface area contributed by atoms with Crippen molar-refractivity contribution in [2.24, 2.45) is 0 Å². The number of imidazole rings is 1. The molecule has 0 radical (unpaired) electrons. The quantitative estimate of drug-likeness (QED) is 0.464. The second-order valence-corrected chi connectivity index (χ2v) is 8.23. The Morgan fingerprint density at radius 3 is 2.67 bits per heavy atom. The molecular formula is C26H24N4O3. The number of benzene rings is 3. The van der Waals surface area contributed by atoms with Crippen molar-refractivity contribution >= 4 is 28.6 Å². The van der Waals surface area contributed by atoms with Crippen LogP contribution >= 0.6 is 0 Å². The summed E-state index contributed by atoms with van der Waals surface area (Å²) in [5.41, 5.74) is 6.87. The molecule has 1 amide bonds. The van der Waals surface area contributed by atoms with Gasteiger partial charge >= 0.3 is 5.97 Å². The second-order valence-electron chi connectivity index (χ2n) is 8.23. The van der Waals surface area contributed by atoms with Crippen LogP contribution in [0, 0.1) is 0 Å². The standard InChI is InChI=1S/C26H24N4O3/c1-30-15-19-13-17(10-11-20(19)27-23(26(30)32)14-24(31)33-2)16-6-5-7-18(12-16)25-28-21-8-3-4-9-22(21)29-25/h3-13,23,27H,14-15H2,1-2H3,(H,28,29). The van der Waals surface area contributed by atoms with Crippen molar-refractivity contribution in [2.75, 3.05) is 19.5 Å². The summed E-state index contributed by atoms with van der Waals surface area (Å²) >= 11 is 0. The normalized spacial score (nSPS) is 15.6. The van der Waals surface area contributed by atoms with Crippen molar-refractivity contribution < 1.29 is 14.3 Å². The molecule has 166 valence electrons. The molecule has 1 aromatic heterocycles. The lowest BCUT2D eigenvalue weighted by Gasteiger charge is -2.19. The number of rotatable bonds is 4. The first-order chi connectivity index (χ1) is 16.0. The van der Waals surface area contributed by atoms with E-state index in [0.29, 0.717) is 6.54 Å². The number of ether oxygens (including phenoxy) is 1. The number of nitrogens with zero attached hydrogens (tertiary/aromatic N) is 2. The van der Waals surface area contributed by atoms with Crippen molar-refractivity contribution in [1.29, 1.82) is 0 Å². The highest BCUT2D eigenvalue weighted by Gasteiger charge is 2.29. The molecule has 2 heterocycles. The molecule has 0 aliphatic carbocycles. The number of methoxy groups -OCH3 is 1. The maximum Gasteiger partial charge on any atom is 0.308 e. The van der Waals surface area contributed by atoms with Crippen molar-refractivity contribution in [3.8, 4) is 22.5 Å². The second kappa shape index (κ2) is 8.43. The molecule has 0 spiro atoms. The summed E-state index contributed by atoms with van der Waals surface area (Å²) in [6, 6.07) is 21.6. The average Bonchev–Trinajstić information content (AvgIpc) is 3.24. The molecule has 7 heteroatoms. The van der Waals surface area contributed by atoms with Crippen molar-refractivity contribution in [3.05, 3.63) is 72.3 Å². The van der Waals surface area contributed by atoms with E-state index < -0.39 is 12.0 Å². The topological polar surface area (TPSA) is 87.3 Å².